The highest BCUT2D eigenvalue weighted by molar-refractivity contribution is 7.85. The molecule has 1 heterocycles. The van der Waals surface area contributed by atoms with Gasteiger partial charge in [0.05, 0.1) is 12.9 Å². The van der Waals surface area contributed by atoms with Gasteiger partial charge in [0, 0.05) is 19.0 Å². The topological polar surface area (TPSA) is 63.7 Å². The molecule has 1 aliphatic heterocycles. The lowest BCUT2D eigenvalue weighted by Crippen LogP contribution is -2.27. The maximum Gasteiger partial charge on any atom is 0.264 e. The SMILES string of the molecule is C=CC(=O)N1CCC(COS(C)(=O)=O)C1. The van der Waals surface area contributed by atoms with Crippen LogP contribution in [0, 0.1) is 5.92 Å². The third kappa shape index (κ3) is 4.01. The van der Waals surface area contributed by atoms with Crippen LogP contribution in [0.2, 0.25) is 0 Å². The van der Waals surface area contributed by atoms with Crippen LogP contribution in [-0.2, 0) is 19.1 Å². The van der Waals surface area contributed by atoms with E-state index >= 15 is 0 Å². The molecule has 6 heteroatoms. The molecule has 0 aromatic carbocycles. The molecule has 5 nitrogen and oxygen atoms in total. The fourth-order valence-electron chi connectivity index (χ4n) is 1.52. The van der Waals surface area contributed by atoms with Crippen LogP contribution in [0.4, 0.5) is 0 Å². The highest BCUT2D eigenvalue weighted by Crippen LogP contribution is 2.17. The third-order valence-corrected chi connectivity index (χ3v) is 2.85. The van der Waals surface area contributed by atoms with E-state index in [0.29, 0.717) is 13.1 Å². The Hall–Kier alpha value is -0.880. The van der Waals surface area contributed by atoms with Gasteiger partial charge in [-0.3, -0.25) is 8.98 Å². The van der Waals surface area contributed by atoms with E-state index in [1.165, 1.54) is 6.08 Å². The van der Waals surface area contributed by atoms with Crippen molar-refractivity contribution in [3.8, 4) is 0 Å². The van der Waals surface area contributed by atoms with Crippen LogP contribution in [0.3, 0.4) is 0 Å². The molecule has 1 fully saturated rings. The molecular formula is C9H15NO4S. The highest BCUT2D eigenvalue weighted by Gasteiger charge is 2.25. The zero-order valence-corrected chi connectivity index (χ0v) is 9.50. The van der Waals surface area contributed by atoms with Gasteiger partial charge >= 0.3 is 0 Å². The molecule has 1 atom stereocenters. The quantitative estimate of drug-likeness (QED) is 0.506. The van der Waals surface area contributed by atoms with Crippen molar-refractivity contribution in [1.29, 1.82) is 0 Å². The second-order valence-corrected chi connectivity index (χ2v) is 5.28. The molecule has 1 saturated heterocycles. The van der Waals surface area contributed by atoms with Crippen molar-refractivity contribution in [2.45, 2.75) is 6.42 Å². The Kier molecular flexibility index (Phi) is 3.87. The summed E-state index contributed by atoms with van der Waals surface area (Å²) in [5, 5.41) is 0. The fourth-order valence-corrected chi connectivity index (χ4v) is 1.96. The van der Waals surface area contributed by atoms with Gasteiger partial charge in [-0.15, -0.1) is 0 Å². The molecule has 1 rings (SSSR count). The van der Waals surface area contributed by atoms with Crippen LogP contribution in [-0.4, -0.2) is 45.2 Å². The molecule has 0 bridgehead atoms. The third-order valence-electron chi connectivity index (χ3n) is 2.29. The Morgan fingerprint density at radius 2 is 2.33 bits per heavy atom. The highest BCUT2D eigenvalue weighted by atomic mass is 32.2. The van der Waals surface area contributed by atoms with E-state index in [9.17, 15) is 13.2 Å². The molecule has 1 aliphatic rings. The van der Waals surface area contributed by atoms with E-state index in [1.807, 2.05) is 0 Å². The standard InChI is InChI=1S/C9H15NO4S/c1-3-9(11)10-5-4-8(6-10)7-14-15(2,12)13/h3,8H,1,4-7H2,2H3. The fraction of sp³-hybridized carbons (Fsp3) is 0.667. The van der Waals surface area contributed by atoms with Crippen molar-refractivity contribution >= 4 is 16.0 Å². The lowest BCUT2D eigenvalue weighted by atomic mass is 10.1. The number of nitrogens with zero attached hydrogens (tertiary/aromatic N) is 1. The van der Waals surface area contributed by atoms with Crippen LogP contribution < -0.4 is 0 Å². The average molecular weight is 233 g/mol. The van der Waals surface area contributed by atoms with Gasteiger partial charge in [-0.05, 0) is 12.5 Å². The first-order chi connectivity index (χ1) is 6.92. The summed E-state index contributed by atoms with van der Waals surface area (Å²) in [6.07, 6.45) is 3.06. The number of hydrogen-bond donors (Lipinski definition) is 0. The number of carbonyl (C=O) groups excluding carboxylic acids is 1. The van der Waals surface area contributed by atoms with Crippen LogP contribution in [0.5, 0.6) is 0 Å². The Labute approximate surface area is 89.8 Å². The van der Waals surface area contributed by atoms with Gasteiger partial charge in [-0.25, -0.2) is 0 Å². The minimum atomic E-state index is -3.38. The van der Waals surface area contributed by atoms with Gasteiger partial charge < -0.3 is 4.90 Å². The van der Waals surface area contributed by atoms with Crippen molar-refractivity contribution in [3.63, 3.8) is 0 Å². The second kappa shape index (κ2) is 4.76. The molecule has 1 amide bonds. The Morgan fingerprint density at radius 3 is 2.87 bits per heavy atom. The Balaban J connectivity index is 2.37. The van der Waals surface area contributed by atoms with Gasteiger partial charge in [0.15, 0.2) is 0 Å². The van der Waals surface area contributed by atoms with Gasteiger partial charge in [0.2, 0.25) is 5.91 Å². The molecule has 15 heavy (non-hydrogen) atoms. The maximum atomic E-state index is 11.2. The summed E-state index contributed by atoms with van der Waals surface area (Å²) >= 11 is 0. The normalized spacial score (nSPS) is 21.7. The number of likely N-dealkylation sites (tertiary alicyclic amines) is 1. The number of hydrogen-bond acceptors (Lipinski definition) is 4. The summed E-state index contributed by atoms with van der Waals surface area (Å²) in [7, 11) is -3.38. The van der Waals surface area contributed by atoms with Crippen molar-refractivity contribution in [3.05, 3.63) is 12.7 Å². The molecule has 0 aromatic rings. The molecule has 0 radical (unpaired) electrons. The predicted molar refractivity (Wildman–Crippen MR) is 55.7 cm³/mol. The van der Waals surface area contributed by atoms with E-state index in [2.05, 4.69) is 10.8 Å². The minimum absolute atomic E-state index is 0.101. The van der Waals surface area contributed by atoms with Crippen LogP contribution in [0.15, 0.2) is 12.7 Å². The summed E-state index contributed by atoms with van der Waals surface area (Å²) < 4.78 is 26.2. The van der Waals surface area contributed by atoms with E-state index in [-0.39, 0.29) is 18.4 Å². The first-order valence-corrected chi connectivity index (χ1v) is 6.50. The second-order valence-electron chi connectivity index (χ2n) is 3.63. The minimum Gasteiger partial charge on any atom is -0.339 e. The summed E-state index contributed by atoms with van der Waals surface area (Å²) in [5.74, 6) is -0.0134. The van der Waals surface area contributed by atoms with E-state index < -0.39 is 10.1 Å². The summed E-state index contributed by atoms with van der Waals surface area (Å²) in [4.78, 5) is 12.9. The van der Waals surface area contributed by atoms with Crippen molar-refractivity contribution < 1.29 is 17.4 Å². The van der Waals surface area contributed by atoms with Crippen molar-refractivity contribution in [2.24, 2.45) is 5.92 Å². The molecule has 86 valence electrons. The number of carbonyl (C=O) groups is 1. The number of rotatable bonds is 4. The van der Waals surface area contributed by atoms with Gasteiger partial charge in [-0.1, -0.05) is 6.58 Å². The van der Waals surface area contributed by atoms with Crippen LogP contribution >= 0.6 is 0 Å². The zero-order valence-electron chi connectivity index (χ0n) is 8.68. The van der Waals surface area contributed by atoms with Crippen molar-refractivity contribution in [1.82, 2.24) is 4.90 Å². The molecule has 0 aliphatic carbocycles. The Bertz CT molecular complexity index is 349. The first kappa shape index (κ1) is 12.2. The summed E-state index contributed by atoms with van der Waals surface area (Å²) in [6.45, 7) is 4.73. The first-order valence-electron chi connectivity index (χ1n) is 4.68. The van der Waals surface area contributed by atoms with E-state index in [4.69, 9.17) is 0 Å². The van der Waals surface area contributed by atoms with Gasteiger partial charge in [0.1, 0.15) is 0 Å². The zero-order chi connectivity index (χ0) is 11.5. The number of amides is 1. The lowest BCUT2D eigenvalue weighted by molar-refractivity contribution is -0.125. The lowest BCUT2D eigenvalue weighted by Gasteiger charge is -2.13. The monoisotopic (exact) mass is 233 g/mol. The smallest absolute Gasteiger partial charge is 0.264 e. The molecule has 0 saturated carbocycles. The van der Waals surface area contributed by atoms with Gasteiger partial charge in [-0.2, -0.15) is 8.42 Å². The predicted octanol–water partition coefficient (Wildman–Crippen LogP) is -0.00290. The van der Waals surface area contributed by atoms with Crippen LogP contribution in [0.1, 0.15) is 6.42 Å². The largest absolute Gasteiger partial charge is 0.339 e. The molecule has 0 spiro atoms. The van der Waals surface area contributed by atoms with Crippen LogP contribution in [0.25, 0.3) is 0 Å². The molecule has 0 aromatic heterocycles. The summed E-state index contributed by atoms with van der Waals surface area (Å²) in [5.41, 5.74) is 0. The van der Waals surface area contributed by atoms with E-state index in [1.54, 1.807) is 4.90 Å². The van der Waals surface area contributed by atoms with Gasteiger partial charge in [0.25, 0.3) is 10.1 Å². The summed E-state index contributed by atoms with van der Waals surface area (Å²) in [6, 6.07) is 0. The molecule has 0 N–H and O–H groups in total. The Morgan fingerprint density at radius 1 is 1.67 bits per heavy atom. The van der Waals surface area contributed by atoms with E-state index in [0.717, 1.165) is 12.7 Å². The molecule has 1 unspecified atom stereocenters. The average Bonchev–Trinajstić information content (AvgIpc) is 2.61. The molecular weight excluding hydrogens is 218 g/mol. The van der Waals surface area contributed by atoms with Crippen molar-refractivity contribution in [2.75, 3.05) is 26.0 Å². The maximum absolute atomic E-state index is 11.2.